The molecule has 160 valence electrons. The van der Waals surface area contributed by atoms with Crippen molar-refractivity contribution in [2.24, 2.45) is 0 Å². The lowest BCUT2D eigenvalue weighted by Gasteiger charge is -2.15. The molecule has 2 aromatic heterocycles. The van der Waals surface area contributed by atoms with E-state index in [4.69, 9.17) is 4.42 Å². The van der Waals surface area contributed by atoms with Gasteiger partial charge in [-0.05, 0) is 42.5 Å². The summed E-state index contributed by atoms with van der Waals surface area (Å²) >= 11 is 1.21. The number of aromatic nitrogens is 2. The minimum atomic E-state index is -1.72. The number of rotatable bonds is 5. The molecule has 5 aromatic rings. The van der Waals surface area contributed by atoms with Gasteiger partial charge in [-0.15, -0.1) is 11.3 Å². The Morgan fingerprint density at radius 1 is 1.00 bits per heavy atom. The maximum absolute atomic E-state index is 14.0. The Kier molecular flexibility index (Phi) is 5.14. The minimum absolute atomic E-state index is 0.118. The molecule has 0 aliphatic heterocycles. The number of aliphatic hydroxyl groups is 2. The number of thiazole rings is 1. The average Bonchev–Trinajstić information content (AvgIpc) is 3.42. The van der Waals surface area contributed by atoms with Crippen LogP contribution in [0.25, 0.3) is 32.8 Å². The SMILES string of the molecule is O=C(Nc1ccc2oc(-c3ccccc3F)nc2c1)C(O)C(O)c1nc2ccccc2s1. The molecule has 9 heteroatoms. The van der Waals surface area contributed by atoms with Gasteiger partial charge in [0.05, 0.1) is 15.8 Å². The predicted octanol–water partition coefficient (Wildman–Crippen LogP) is 4.28. The molecule has 32 heavy (non-hydrogen) atoms. The third kappa shape index (κ3) is 3.73. The number of hydrogen-bond acceptors (Lipinski definition) is 7. The molecule has 2 heterocycles. The fourth-order valence-electron chi connectivity index (χ4n) is 3.27. The molecule has 2 unspecified atom stereocenters. The van der Waals surface area contributed by atoms with Crippen molar-refractivity contribution in [2.75, 3.05) is 5.32 Å². The topological polar surface area (TPSA) is 108 Å². The number of nitrogens with one attached hydrogen (secondary N) is 1. The number of carbonyl (C=O) groups excluding carboxylic acids is 1. The van der Waals surface area contributed by atoms with Crippen LogP contribution >= 0.6 is 11.3 Å². The summed E-state index contributed by atoms with van der Waals surface area (Å²) in [7, 11) is 0. The average molecular weight is 449 g/mol. The highest BCUT2D eigenvalue weighted by Crippen LogP contribution is 2.30. The summed E-state index contributed by atoms with van der Waals surface area (Å²) in [6, 6.07) is 18.1. The molecule has 0 aliphatic rings. The standard InChI is InChI=1S/C23H16FN3O4S/c24-14-6-2-1-5-13(14)22-26-16-11-12(9-10-17(16)31-22)25-21(30)19(28)20(29)23-27-15-7-3-4-8-18(15)32-23/h1-11,19-20,28-29H,(H,25,30). The molecule has 0 fully saturated rings. The predicted molar refractivity (Wildman–Crippen MR) is 119 cm³/mol. The Hall–Kier alpha value is -3.66. The summed E-state index contributed by atoms with van der Waals surface area (Å²) in [5.74, 6) is -1.14. The molecular weight excluding hydrogens is 433 g/mol. The van der Waals surface area contributed by atoms with Gasteiger partial charge in [0.15, 0.2) is 11.7 Å². The number of carbonyl (C=O) groups is 1. The second kappa shape index (κ2) is 8.12. The molecular formula is C23H16FN3O4S. The number of fused-ring (bicyclic) bond motifs is 2. The largest absolute Gasteiger partial charge is 0.436 e. The van der Waals surface area contributed by atoms with E-state index in [1.807, 2.05) is 18.2 Å². The van der Waals surface area contributed by atoms with E-state index in [0.717, 1.165) is 4.70 Å². The Morgan fingerprint density at radius 3 is 2.59 bits per heavy atom. The number of hydrogen-bond donors (Lipinski definition) is 3. The third-order valence-corrected chi connectivity index (χ3v) is 6.00. The lowest BCUT2D eigenvalue weighted by Crippen LogP contribution is -2.33. The van der Waals surface area contributed by atoms with Crippen molar-refractivity contribution < 1.29 is 23.8 Å². The van der Waals surface area contributed by atoms with Crippen molar-refractivity contribution in [3.8, 4) is 11.5 Å². The summed E-state index contributed by atoms with van der Waals surface area (Å²) in [5.41, 5.74) is 2.06. The lowest BCUT2D eigenvalue weighted by atomic mass is 10.2. The van der Waals surface area contributed by atoms with Crippen LogP contribution in [0, 0.1) is 5.82 Å². The maximum Gasteiger partial charge on any atom is 0.256 e. The van der Waals surface area contributed by atoms with E-state index in [0.29, 0.717) is 22.3 Å². The summed E-state index contributed by atoms with van der Waals surface area (Å²) in [5, 5.41) is 23.6. The summed E-state index contributed by atoms with van der Waals surface area (Å²) in [6.07, 6.45) is -3.20. The monoisotopic (exact) mass is 449 g/mol. The van der Waals surface area contributed by atoms with Gasteiger partial charge in [-0.3, -0.25) is 4.79 Å². The number of oxazole rings is 1. The van der Waals surface area contributed by atoms with Gasteiger partial charge in [-0.2, -0.15) is 0 Å². The Labute approximate surface area is 184 Å². The van der Waals surface area contributed by atoms with Crippen molar-refractivity contribution in [1.82, 2.24) is 9.97 Å². The first-order valence-corrected chi connectivity index (χ1v) is 10.5. The minimum Gasteiger partial charge on any atom is -0.436 e. The number of aliphatic hydroxyl groups excluding tert-OH is 2. The van der Waals surface area contributed by atoms with Crippen molar-refractivity contribution >= 4 is 44.2 Å². The number of amides is 1. The molecule has 0 saturated carbocycles. The summed E-state index contributed by atoms with van der Waals surface area (Å²) < 4.78 is 20.5. The zero-order valence-corrected chi connectivity index (χ0v) is 17.2. The first-order chi connectivity index (χ1) is 15.5. The number of anilines is 1. The van der Waals surface area contributed by atoms with E-state index < -0.39 is 23.9 Å². The van der Waals surface area contributed by atoms with Gasteiger partial charge in [0.1, 0.15) is 22.4 Å². The summed E-state index contributed by atoms with van der Waals surface area (Å²) in [4.78, 5) is 21.1. The van der Waals surface area contributed by atoms with E-state index in [-0.39, 0.29) is 16.5 Å². The number of benzene rings is 3. The fourth-order valence-corrected chi connectivity index (χ4v) is 4.25. The molecule has 1 amide bonds. The molecule has 3 aromatic carbocycles. The highest BCUT2D eigenvalue weighted by Gasteiger charge is 2.28. The lowest BCUT2D eigenvalue weighted by molar-refractivity contribution is -0.129. The van der Waals surface area contributed by atoms with Crippen molar-refractivity contribution in [1.29, 1.82) is 0 Å². The number of halogens is 1. The molecule has 0 bridgehead atoms. The second-order valence-electron chi connectivity index (χ2n) is 7.08. The van der Waals surface area contributed by atoms with Crippen LogP contribution in [0.1, 0.15) is 11.1 Å². The first-order valence-electron chi connectivity index (χ1n) is 9.67. The second-order valence-corrected chi connectivity index (χ2v) is 8.14. The molecule has 3 N–H and O–H groups in total. The van der Waals surface area contributed by atoms with Crippen LogP contribution in [-0.2, 0) is 4.79 Å². The van der Waals surface area contributed by atoms with Crippen molar-refractivity contribution in [3.63, 3.8) is 0 Å². The van der Waals surface area contributed by atoms with E-state index in [9.17, 15) is 19.4 Å². The molecule has 0 saturated heterocycles. The quantitative estimate of drug-likeness (QED) is 0.370. The molecule has 5 rings (SSSR count). The van der Waals surface area contributed by atoms with E-state index in [1.54, 1.807) is 36.4 Å². The molecule has 0 radical (unpaired) electrons. The van der Waals surface area contributed by atoms with Crippen LogP contribution in [0.4, 0.5) is 10.1 Å². The normalized spacial score (nSPS) is 13.3. The van der Waals surface area contributed by atoms with Gasteiger partial charge in [-0.25, -0.2) is 14.4 Å². The van der Waals surface area contributed by atoms with Crippen LogP contribution < -0.4 is 5.32 Å². The van der Waals surface area contributed by atoms with Crippen LogP contribution in [0.15, 0.2) is 71.1 Å². The molecule has 0 spiro atoms. The zero-order chi connectivity index (χ0) is 22.2. The van der Waals surface area contributed by atoms with E-state index in [2.05, 4.69) is 15.3 Å². The van der Waals surface area contributed by atoms with Gasteiger partial charge >= 0.3 is 0 Å². The van der Waals surface area contributed by atoms with Crippen LogP contribution in [0.3, 0.4) is 0 Å². The van der Waals surface area contributed by atoms with Crippen LogP contribution in [0.5, 0.6) is 0 Å². The Balaban J connectivity index is 1.35. The van der Waals surface area contributed by atoms with Crippen LogP contribution in [0.2, 0.25) is 0 Å². The molecule has 7 nitrogen and oxygen atoms in total. The van der Waals surface area contributed by atoms with Gasteiger partial charge in [0, 0.05) is 5.69 Å². The highest BCUT2D eigenvalue weighted by atomic mass is 32.1. The molecule has 2 atom stereocenters. The highest BCUT2D eigenvalue weighted by molar-refractivity contribution is 7.18. The van der Waals surface area contributed by atoms with Crippen molar-refractivity contribution in [3.05, 3.63) is 77.6 Å². The maximum atomic E-state index is 14.0. The van der Waals surface area contributed by atoms with Crippen LogP contribution in [-0.4, -0.2) is 32.2 Å². The zero-order valence-electron chi connectivity index (χ0n) is 16.4. The van der Waals surface area contributed by atoms with Gasteiger partial charge in [0.2, 0.25) is 5.89 Å². The first kappa shape index (κ1) is 20.3. The van der Waals surface area contributed by atoms with Gasteiger partial charge < -0.3 is 19.9 Å². The van der Waals surface area contributed by atoms with Gasteiger partial charge in [0.25, 0.3) is 5.91 Å². The third-order valence-electron chi connectivity index (χ3n) is 4.89. The molecule has 0 aliphatic carbocycles. The number of para-hydroxylation sites is 1. The Bertz CT molecular complexity index is 1410. The smallest absolute Gasteiger partial charge is 0.256 e. The number of nitrogens with zero attached hydrogens (tertiary/aromatic N) is 2. The van der Waals surface area contributed by atoms with Crippen molar-refractivity contribution in [2.45, 2.75) is 12.2 Å². The van der Waals surface area contributed by atoms with Gasteiger partial charge in [-0.1, -0.05) is 24.3 Å². The van der Waals surface area contributed by atoms with E-state index >= 15 is 0 Å². The fraction of sp³-hybridized carbons (Fsp3) is 0.0870. The summed E-state index contributed by atoms with van der Waals surface area (Å²) in [6.45, 7) is 0. The Morgan fingerprint density at radius 2 is 1.78 bits per heavy atom. The van der Waals surface area contributed by atoms with E-state index in [1.165, 1.54) is 23.5 Å².